The number of ether oxygens (including phenoxy) is 2. The molecule has 2 aliphatic heterocycles. The van der Waals surface area contributed by atoms with Crippen LogP contribution in [-0.2, 0) is 16.1 Å². The predicted octanol–water partition coefficient (Wildman–Crippen LogP) is 5.73. The molecule has 188 valence electrons. The van der Waals surface area contributed by atoms with Gasteiger partial charge < -0.3 is 14.4 Å². The summed E-state index contributed by atoms with van der Waals surface area (Å²) in [5.41, 5.74) is 4.39. The van der Waals surface area contributed by atoms with Crippen LogP contribution >= 0.6 is 0 Å². The van der Waals surface area contributed by atoms with Gasteiger partial charge in [0.05, 0.1) is 18.6 Å². The zero-order valence-corrected chi connectivity index (χ0v) is 21.9. The summed E-state index contributed by atoms with van der Waals surface area (Å²) >= 11 is 0. The first-order valence-corrected chi connectivity index (χ1v) is 13.3. The Hall–Kier alpha value is -2.01. The molecule has 5 nitrogen and oxygen atoms in total. The molecule has 34 heavy (non-hydrogen) atoms. The molecule has 0 spiro atoms. The minimum absolute atomic E-state index is 0.0228. The van der Waals surface area contributed by atoms with Crippen molar-refractivity contribution in [1.29, 1.82) is 0 Å². The molecule has 1 saturated heterocycles. The number of fused-ring (bicyclic) bond motifs is 1. The molecule has 2 fully saturated rings. The molecule has 1 aromatic carbocycles. The van der Waals surface area contributed by atoms with Crippen LogP contribution in [0, 0.1) is 17.3 Å². The first-order chi connectivity index (χ1) is 16.2. The summed E-state index contributed by atoms with van der Waals surface area (Å²) in [4.78, 5) is 16.8. The van der Waals surface area contributed by atoms with E-state index in [1.807, 2.05) is 6.92 Å². The van der Waals surface area contributed by atoms with Crippen LogP contribution in [0.25, 0.3) is 6.08 Å². The molecule has 1 aliphatic carbocycles. The molecule has 1 aromatic rings. The lowest BCUT2D eigenvalue weighted by atomic mass is 9.72. The molecular formula is C29H44N2O3. The molecule has 5 heteroatoms. The van der Waals surface area contributed by atoms with E-state index >= 15 is 0 Å². The molecule has 0 unspecified atom stereocenters. The van der Waals surface area contributed by atoms with Gasteiger partial charge in [0.25, 0.3) is 0 Å². The Morgan fingerprint density at radius 2 is 1.76 bits per heavy atom. The number of likely N-dealkylation sites (N-methyl/N-ethyl adjacent to an activating group) is 1. The number of carbonyl (C=O) groups is 1. The average Bonchev–Trinajstić information content (AvgIpc) is 2.80. The Morgan fingerprint density at radius 3 is 2.41 bits per heavy atom. The van der Waals surface area contributed by atoms with E-state index in [2.05, 4.69) is 61.9 Å². The van der Waals surface area contributed by atoms with Gasteiger partial charge in [-0.15, -0.1) is 0 Å². The zero-order chi connectivity index (χ0) is 24.3. The SMILES string of the molecule is CCOC(=O)C1CCN(CC2=Cc3ccc(OC4CCC(C(C)(C)C)CC4)cc3CN2C)CC1. The highest BCUT2D eigenvalue weighted by Crippen LogP contribution is 2.39. The second-order valence-electron chi connectivity index (χ2n) is 11.6. The molecule has 0 aromatic heterocycles. The minimum Gasteiger partial charge on any atom is -0.490 e. The Kier molecular flexibility index (Phi) is 7.91. The largest absolute Gasteiger partial charge is 0.490 e. The second-order valence-corrected chi connectivity index (χ2v) is 11.6. The number of nitrogens with zero attached hydrogens (tertiary/aromatic N) is 2. The van der Waals surface area contributed by atoms with Crippen molar-refractivity contribution >= 4 is 12.0 Å². The van der Waals surface area contributed by atoms with Gasteiger partial charge in [0, 0.05) is 25.8 Å². The van der Waals surface area contributed by atoms with Gasteiger partial charge in [-0.1, -0.05) is 26.8 Å². The van der Waals surface area contributed by atoms with Crippen molar-refractivity contribution in [3.63, 3.8) is 0 Å². The molecule has 0 bridgehead atoms. The van der Waals surface area contributed by atoms with Crippen LogP contribution < -0.4 is 4.74 Å². The summed E-state index contributed by atoms with van der Waals surface area (Å²) in [6.45, 7) is 13.2. The van der Waals surface area contributed by atoms with Crippen LogP contribution in [0.4, 0.5) is 0 Å². The smallest absolute Gasteiger partial charge is 0.309 e. The third-order valence-electron chi connectivity index (χ3n) is 8.13. The van der Waals surface area contributed by atoms with Crippen LogP contribution in [0.1, 0.15) is 77.3 Å². The maximum atomic E-state index is 12.0. The van der Waals surface area contributed by atoms with Crippen LogP contribution in [-0.4, -0.2) is 55.2 Å². The van der Waals surface area contributed by atoms with Crippen molar-refractivity contribution in [1.82, 2.24) is 9.80 Å². The predicted molar refractivity (Wildman–Crippen MR) is 138 cm³/mol. The number of hydrogen-bond acceptors (Lipinski definition) is 5. The number of piperidine rings is 1. The topological polar surface area (TPSA) is 42.0 Å². The summed E-state index contributed by atoms with van der Waals surface area (Å²) in [6.07, 6.45) is 9.33. The van der Waals surface area contributed by atoms with Crippen molar-refractivity contribution in [2.45, 2.75) is 78.9 Å². The quantitative estimate of drug-likeness (QED) is 0.499. The third kappa shape index (κ3) is 6.16. The van der Waals surface area contributed by atoms with E-state index in [1.54, 1.807) is 0 Å². The summed E-state index contributed by atoms with van der Waals surface area (Å²) in [5, 5.41) is 0. The molecule has 4 rings (SSSR count). The number of hydrogen-bond donors (Lipinski definition) is 0. The van der Waals surface area contributed by atoms with E-state index in [0.717, 1.165) is 63.5 Å². The van der Waals surface area contributed by atoms with Gasteiger partial charge in [-0.25, -0.2) is 0 Å². The summed E-state index contributed by atoms with van der Waals surface area (Å²) in [6, 6.07) is 6.63. The van der Waals surface area contributed by atoms with E-state index < -0.39 is 0 Å². The van der Waals surface area contributed by atoms with Gasteiger partial charge in [0.15, 0.2) is 0 Å². The van der Waals surface area contributed by atoms with Crippen molar-refractivity contribution in [3.8, 4) is 5.75 Å². The van der Waals surface area contributed by atoms with E-state index in [0.29, 0.717) is 18.1 Å². The van der Waals surface area contributed by atoms with Crippen LogP contribution in [0.5, 0.6) is 5.75 Å². The maximum absolute atomic E-state index is 12.0. The lowest BCUT2D eigenvalue weighted by molar-refractivity contribution is -0.149. The van der Waals surface area contributed by atoms with Gasteiger partial charge in [0.2, 0.25) is 0 Å². The summed E-state index contributed by atoms with van der Waals surface area (Å²) < 4.78 is 11.6. The van der Waals surface area contributed by atoms with Gasteiger partial charge in [0.1, 0.15) is 5.75 Å². The molecule has 0 atom stereocenters. The number of esters is 1. The highest BCUT2D eigenvalue weighted by atomic mass is 16.5. The fraction of sp³-hybridized carbons (Fsp3) is 0.690. The number of benzene rings is 1. The van der Waals surface area contributed by atoms with E-state index in [9.17, 15) is 4.79 Å². The van der Waals surface area contributed by atoms with E-state index in [-0.39, 0.29) is 11.9 Å². The molecule has 0 amide bonds. The average molecular weight is 469 g/mol. The lowest BCUT2D eigenvalue weighted by Gasteiger charge is -2.37. The van der Waals surface area contributed by atoms with Crippen LogP contribution in [0.2, 0.25) is 0 Å². The maximum Gasteiger partial charge on any atom is 0.309 e. The fourth-order valence-electron chi connectivity index (χ4n) is 5.80. The first kappa shape index (κ1) is 25.1. The standard InChI is InChI=1S/C29H44N2O3/c1-6-33-28(32)21-13-15-31(16-14-21)20-25-17-22-7-10-27(18-23(22)19-30(25)5)34-26-11-8-24(9-12-26)29(2,3)4/h7,10,17-18,21,24,26H,6,8-9,11-16,19-20H2,1-5H3. The van der Waals surface area contributed by atoms with Gasteiger partial charge in [-0.2, -0.15) is 0 Å². The van der Waals surface area contributed by atoms with Crippen LogP contribution in [0.3, 0.4) is 0 Å². The van der Waals surface area contributed by atoms with Crippen molar-refractivity contribution in [2.75, 3.05) is 33.3 Å². The zero-order valence-electron chi connectivity index (χ0n) is 21.9. The van der Waals surface area contributed by atoms with Crippen molar-refractivity contribution < 1.29 is 14.3 Å². The highest BCUT2D eigenvalue weighted by Gasteiger charge is 2.31. The van der Waals surface area contributed by atoms with Gasteiger partial charge >= 0.3 is 5.97 Å². The summed E-state index contributed by atoms with van der Waals surface area (Å²) in [7, 11) is 2.18. The fourth-order valence-corrected chi connectivity index (χ4v) is 5.80. The minimum atomic E-state index is -0.0228. The molecule has 1 saturated carbocycles. The summed E-state index contributed by atoms with van der Waals surface area (Å²) in [5.74, 6) is 1.87. The molecule has 3 aliphatic rings. The number of rotatable bonds is 6. The Bertz CT molecular complexity index is 872. The molecule has 2 heterocycles. The highest BCUT2D eigenvalue weighted by molar-refractivity contribution is 5.72. The number of likely N-dealkylation sites (tertiary alicyclic amines) is 1. The lowest BCUT2D eigenvalue weighted by Crippen LogP contribution is -2.40. The van der Waals surface area contributed by atoms with Crippen molar-refractivity contribution in [3.05, 3.63) is 35.0 Å². The molecule has 0 radical (unpaired) electrons. The van der Waals surface area contributed by atoms with Gasteiger partial charge in [-0.3, -0.25) is 9.69 Å². The Labute approximate surface area is 206 Å². The van der Waals surface area contributed by atoms with Gasteiger partial charge in [-0.05, 0) is 99.2 Å². The first-order valence-electron chi connectivity index (χ1n) is 13.3. The molecule has 0 N–H and O–H groups in total. The van der Waals surface area contributed by atoms with Crippen LogP contribution in [0.15, 0.2) is 23.9 Å². The van der Waals surface area contributed by atoms with E-state index in [1.165, 1.54) is 29.7 Å². The third-order valence-corrected chi connectivity index (χ3v) is 8.13. The Morgan fingerprint density at radius 1 is 1.06 bits per heavy atom. The van der Waals surface area contributed by atoms with Crippen molar-refractivity contribution in [2.24, 2.45) is 17.3 Å². The Balaban J connectivity index is 1.32. The second kappa shape index (κ2) is 10.7. The van der Waals surface area contributed by atoms with E-state index in [4.69, 9.17) is 9.47 Å². The molecular weight excluding hydrogens is 424 g/mol. The monoisotopic (exact) mass is 468 g/mol. The normalized spacial score (nSPS) is 24.4. The number of carbonyl (C=O) groups excluding carboxylic acids is 1.